The number of aryl methyl sites for hydroxylation is 1. The lowest BCUT2D eigenvalue weighted by atomic mass is 10.2. The third-order valence-electron chi connectivity index (χ3n) is 2.49. The molecule has 0 bridgehead atoms. The molecule has 3 N–H and O–H groups in total. The van der Waals surface area contributed by atoms with Gasteiger partial charge in [-0.1, -0.05) is 6.07 Å². The number of aliphatic hydroxyl groups is 1. The van der Waals surface area contributed by atoms with E-state index in [1.165, 1.54) is 5.56 Å². The fourth-order valence-corrected chi connectivity index (χ4v) is 1.80. The van der Waals surface area contributed by atoms with E-state index in [0.29, 0.717) is 13.1 Å². The monoisotopic (exact) mass is 205 g/mol. The van der Waals surface area contributed by atoms with Gasteiger partial charge < -0.3 is 15.4 Å². The fraction of sp³-hybridized carbons (Fsp3) is 0.364. The van der Waals surface area contributed by atoms with Crippen LogP contribution in [-0.2, 0) is 13.1 Å². The van der Waals surface area contributed by atoms with Gasteiger partial charge in [-0.2, -0.15) is 0 Å². The molecule has 0 amide bonds. The lowest BCUT2D eigenvalue weighted by Gasteiger charge is -2.04. The maximum atomic E-state index is 8.98. The van der Waals surface area contributed by atoms with Crippen LogP contribution in [0, 0.1) is 6.92 Å². The first-order valence-electron chi connectivity index (χ1n) is 5.03. The minimum absolute atomic E-state index is 0.104. The molecule has 2 rings (SSSR count). The minimum Gasteiger partial charge on any atom is -0.395 e. The first-order valence-corrected chi connectivity index (χ1v) is 5.03. The number of nitrogens with two attached hydrogens (primary N) is 1. The van der Waals surface area contributed by atoms with Crippen molar-refractivity contribution in [2.45, 2.75) is 20.0 Å². The molecule has 15 heavy (non-hydrogen) atoms. The highest BCUT2D eigenvalue weighted by atomic mass is 16.3. The number of imidazole rings is 1. The van der Waals surface area contributed by atoms with Crippen LogP contribution in [0.15, 0.2) is 18.2 Å². The van der Waals surface area contributed by atoms with Crippen LogP contribution in [0.5, 0.6) is 0 Å². The van der Waals surface area contributed by atoms with Crippen LogP contribution >= 0.6 is 0 Å². The molecule has 0 spiro atoms. The molecule has 0 aliphatic rings. The van der Waals surface area contributed by atoms with E-state index in [1.807, 2.05) is 29.7 Å². The van der Waals surface area contributed by atoms with Gasteiger partial charge in [0.2, 0.25) is 0 Å². The molecular weight excluding hydrogens is 190 g/mol. The van der Waals surface area contributed by atoms with Crippen molar-refractivity contribution < 1.29 is 5.11 Å². The van der Waals surface area contributed by atoms with E-state index in [1.54, 1.807) is 0 Å². The predicted octanol–water partition coefficient (Wildman–Crippen LogP) is 0.796. The molecule has 0 unspecified atom stereocenters. The average Bonchev–Trinajstić information content (AvgIpc) is 2.56. The van der Waals surface area contributed by atoms with Crippen molar-refractivity contribution in [1.29, 1.82) is 0 Å². The molecule has 0 saturated carbocycles. The van der Waals surface area contributed by atoms with Crippen molar-refractivity contribution in [3.63, 3.8) is 0 Å². The highest BCUT2D eigenvalue weighted by molar-refractivity contribution is 5.76. The summed E-state index contributed by atoms with van der Waals surface area (Å²) in [5.74, 6) is 0.824. The smallest absolute Gasteiger partial charge is 0.123 e. The van der Waals surface area contributed by atoms with E-state index in [2.05, 4.69) is 4.98 Å². The van der Waals surface area contributed by atoms with E-state index < -0.39 is 0 Å². The Hall–Kier alpha value is -1.39. The van der Waals surface area contributed by atoms with Gasteiger partial charge in [-0.3, -0.25) is 0 Å². The zero-order valence-electron chi connectivity index (χ0n) is 8.77. The predicted molar refractivity (Wildman–Crippen MR) is 59.4 cm³/mol. The van der Waals surface area contributed by atoms with Crippen molar-refractivity contribution >= 4 is 11.0 Å². The van der Waals surface area contributed by atoms with Crippen molar-refractivity contribution in [3.8, 4) is 0 Å². The van der Waals surface area contributed by atoms with Gasteiger partial charge >= 0.3 is 0 Å². The number of benzene rings is 1. The summed E-state index contributed by atoms with van der Waals surface area (Å²) in [5, 5.41) is 8.98. The van der Waals surface area contributed by atoms with Crippen LogP contribution in [0.25, 0.3) is 11.0 Å². The highest BCUT2D eigenvalue weighted by Gasteiger charge is 2.08. The molecule has 1 heterocycles. The zero-order chi connectivity index (χ0) is 10.8. The van der Waals surface area contributed by atoms with Crippen molar-refractivity contribution in [2.75, 3.05) is 6.61 Å². The Morgan fingerprint density at radius 2 is 2.27 bits per heavy atom. The second kappa shape index (κ2) is 4.00. The maximum absolute atomic E-state index is 8.98. The lowest BCUT2D eigenvalue weighted by molar-refractivity contribution is 0.276. The second-order valence-electron chi connectivity index (χ2n) is 3.60. The number of rotatable bonds is 3. The number of nitrogens with zero attached hydrogens (tertiary/aromatic N) is 2. The first-order chi connectivity index (χ1) is 7.26. The van der Waals surface area contributed by atoms with Gasteiger partial charge in [0.05, 0.1) is 24.2 Å². The summed E-state index contributed by atoms with van der Waals surface area (Å²) >= 11 is 0. The SMILES string of the molecule is Cc1ccc2c(c1)nc(CN)n2CCO. The Labute approximate surface area is 88.3 Å². The van der Waals surface area contributed by atoms with Gasteiger partial charge in [0.15, 0.2) is 0 Å². The van der Waals surface area contributed by atoms with Gasteiger partial charge in [0.1, 0.15) is 5.82 Å². The van der Waals surface area contributed by atoms with Crippen LogP contribution in [0.1, 0.15) is 11.4 Å². The molecule has 1 aromatic heterocycles. The zero-order valence-corrected chi connectivity index (χ0v) is 8.77. The Morgan fingerprint density at radius 3 is 2.93 bits per heavy atom. The second-order valence-corrected chi connectivity index (χ2v) is 3.60. The van der Waals surface area contributed by atoms with Gasteiger partial charge in [0.25, 0.3) is 0 Å². The van der Waals surface area contributed by atoms with E-state index in [4.69, 9.17) is 10.8 Å². The average molecular weight is 205 g/mol. The van der Waals surface area contributed by atoms with E-state index in [-0.39, 0.29) is 6.61 Å². The summed E-state index contributed by atoms with van der Waals surface area (Å²) in [6.07, 6.45) is 0. The van der Waals surface area contributed by atoms with Crippen molar-refractivity contribution in [1.82, 2.24) is 9.55 Å². The van der Waals surface area contributed by atoms with Crippen LogP contribution in [0.3, 0.4) is 0 Å². The Morgan fingerprint density at radius 1 is 1.47 bits per heavy atom. The van der Waals surface area contributed by atoms with Gasteiger partial charge in [0, 0.05) is 6.54 Å². The molecule has 0 radical (unpaired) electrons. The first kappa shape index (κ1) is 10.1. The Balaban J connectivity index is 2.63. The van der Waals surface area contributed by atoms with Crippen molar-refractivity contribution in [2.24, 2.45) is 5.73 Å². The molecule has 1 aromatic carbocycles. The molecule has 4 nitrogen and oxygen atoms in total. The van der Waals surface area contributed by atoms with E-state index in [9.17, 15) is 0 Å². The molecule has 2 aromatic rings. The molecule has 0 saturated heterocycles. The molecule has 80 valence electrons. The third-order valence-corrected chi connectivity index (χ3v) is 2.49. The standard InChI is InChI=1S/C11H15N3O/c1-8-2-3-10-9(6-8)13-11(7-12)14(10)4-5-15/h2-3,6,15H,4-5,7,12H2,1H3. The normalized spacial score (nSPS) is 11.1. The number of aromatic nitrogens is 2. The number of hydrogen-bond donors (Lipinski definition) is 2. The summed E-state index contributed by atoms with van der Waals surface area (Å²) < 4.78 is 1.97. The molecule has 0 aliphatic heterocycles. The van der Waals surface area contributed by atoms with Crippen molar-refractivity contribution in [3.05, 3.63) is 29.6 Å². The number of aliphatic hydroxyl groups excluding tert-OH is 1. The highest BCUT2D eigenvalue weighted by Crippen LogP contribution is 2.17. The van der Waals surface area contributed by atoms with Gasteiger partial charge in [-0.25, -0.2) is 4.98 Å². The Bertz CT molecular complexity index is 476. The quantitative estimate of drug-likeness (QED) is 0.778. The molecule has 0 fully saturated rings. The van der Waals surface area contributed by atoms with Crippen LogP contribution < -0.4 is 5.73 Å². The summed E-state index contributed by atoms with van der Waals surface area (Å²) in [6, 6.07) is 6.09. The summed E-state index contributed by atoms with van der Waals surface area (Å²) in [7, 11) is 0. The van der Waals surface area contributed by atoms with Gasteiger partial charge in [-0.15, -0.1) is 0 Å². The van der Waals surface area contributed by atoms with Crippen LogP contribution in [-0.4, -0.2) is 21.3 Å². The molecular formula is C11H15N3O. The largest absolute Gasteiger partial charge is 0.395 e. The summed E-state index contributed by atoms with van der Waals surface area (Å²) in [4.78, 5) is 4.44. The minimum atomic E-state index is 0.104. The maximum Gasteiger partial charge on any atom is 0.123 e. The van der Waals surface area contributed by atoms with Crippen LogP contribution in [0.2, 0.25) is 0 Å². The number of fused-ring (bicyclic) bond motifs is 1. The fourth-order valence-electron chi connectivity index (χ4n) is 1.80. The summed E-state index contributed by atoms with van der Waals surface area (Å²) in [6.45, 7) is 3.08. The summed E-state index contributed by atoms with van der Waals surface area (Å²) in [5.41, 5.74) is 8.78. The topological polar surface area (TPSA) is 64.1 Å². The molecule has 4 heteroatoms. The third kappa shape index (κ3) is 1.73. The Kier molecular flexibility index (Phi) is 2.70. The van der Waals surface area contributed by atoms with Crippen LogP contribution in [0.4, 0.5) is 0 Å². The van der Waals surface area contributed by atoms with E-state index in [0.717, 1.165) is 16.9 Å². The van der Waals surface area contributed by atoms with E-state index >= 15 is 0 Å². The lowest BCUT2D eigenvalue weighted by Crippen LogP contribution is -2.10. The number of hydrogen-bond acceptors (Lipinski definition) is 3. The van der Waals surface area contributed by atoms with Gasteiger partial charge in [-0.05, 0) is 24.6 Å². The molecule has 0 atom stereocenters. The molecule has 0 aliphatic carbocycles.